The molecule has 2 bridgehead atoms. The number of fused-ring (bicyclic) bond motifs is 2. The fourth-order valence-electron chi connectivity index (χ4n) is 4.93. The Bertz CT molecular complexity index is 1090. The van der Waals surface area contributed by atoms with Crippen molar-refractivity contribution in [3.8, 4) is 0 Å². The molecule has 237 valence electrons. The van der Waals surface area contributed by atoms with E-state index in [0.29, 0.717) is 11.4 Å². The second-order valence-electron chi connectivity index (χ2n) is 10.1. The number of pyridine rings is 1. The molecule has 0 spiro atoms. The Morgan fingerprint density at radius 2 is 0.930 bits per heavy atom. The summed E-state index contributed by atoms with van der Waals surface area (Å²) in [6.45, 7) is -0.306. The number of carboxylic acids is 3. The van der Waals surface area contributed by atoms with Crippen LogP contribution in [0.2, 0.25) is 0 Å². The van der Waals surface area contributed by atoms with E-state index >= 15 is 0 Å². The van der Waals surface area contributed by atoms with Crippen molar-refractivity contribution in [2.24, 2.45) is 17.2 Å². The minimum absolute atomic E-state index is 0. The molecule has 1 aromatic heterocycles. The van der Waals surface area contributed by atoms with Crippen LogP contribution < -0.4 is 32.5 Å². The van der Waals surface area contributed by atoms with Crippen molar-refractivity contribution < 1.29 is 84.0 Å². The fourth-order valence-corrected chi connectivity index (χ4v) is 4.93. The number of nitrogens with two attached hydrogens (primary N) is 3. The summed E-state index contributed by atoms with van der Waals surface area (Å²) in [4.78, 5) is 79.6. The summed E-state index contributed by atoms with van der Waals surface area (Å²) in [5.41, 5.74) is 16.5. The van der Waals surface area contributed by atoms with Gasteiger partial charge in [0.1, 0.15) is 0 Å². The van der Waals surface area contributed by atoms with E-state index in [1.807, 2.05) is 0 Å². The van der Waals surface area contributed by atoms with Crippen LogP contribution in [-0.2, 0) is 41.9 Å². The number of carboxylic acid groups (broad SMARTS) is 3. The Kier molecular flexibility index (Phi) is 16.7. The van der Waals surface area contributed by atoms with Gasteiger partial charge >= 0.3 is 39.9 Å². The largest absolute Gasteiger partial charge is 3.00 e. The zero-order chi connectivity index (χ0) is 31.4. The summed E-state index contributed by atoms with van der Waals surface area (Å²) in [5.74, 6) is -6.60. The molecule has 2 heterocycles. The first kappa shape index (κ1) is 38.2. The number of aromatic nitrogens is 1. The average Bonchev–Trinajstić information content (AvgIpc) is 2.87. The van der Waals surface area contributed by atoms with E-state index in [9.17, 15) is 44.1 Å². The minimum atomic E-state index is -1.51. The Morgan fingerprint density at radius 1 is 0.628 bits per heavy atom. The van der Waals surface area contributed by atoms with Crippen LogP contribution in [-0.4, -0.2) is 99.6 Å². The zero-order valence-corrected chi connectivity index (χ0v) is 25.8. The summed E-state index contributed by atoms with van der Waals surface area (Å²) < 4.78 is 0. The number of aliphatic carboxylic acids is 3. The van der Waals surface area contributed by atoms with Gasteiger partial charge in [0.05, 0.1) is 41.4 Å². The maximum Gasteiger partial charge on any atom is 3.00 e. The van der Waals surface area contributed by atoms with Crippen molar-refractivity contribution in [2.45, 2.75) is 69.7 Å². The Balaban J connectivity index is 0.00000924. The number of carbonyl (C=O) groups is 6. The summed E-state index contributed by atoms with van der Waals surface area (Å²) in [6.07, 6.45) is -1.30. The quantitative estimate of drug-likeness (QED) is 0.151. The molecule has 3 amide bonds. The van der Waals surface area contributed by atoms with Gasteiger partial charge in [-0.25, -0.2) is 0 Å². The summed E-state index contributed by atoms with van der Waals surface area (Å²) in [7, 11) is 0. The topological polar surface area (TPSA) is 272 Å². The monoisotopic (exact) mass is 748 g/mol. The molecule has 0 saturated carbocycles. The predicted molar refractivity (Wildman–Crippen MR) is 138 cm³/mol. The van der Waals surface area contributed by atoms with E-state index < -0.39 is 53.8 Å². The fraction of sp³-hybridized carbons (Fsp3) is 0.577. The van der Waals surface area contributed by atoms with Gasteiger partial charge in [0.2, 0.25) is 17.7 Å². The SMILES string of the molecule is NC(=O)CCC(C(=O)[O-])N1CCN(C(CCC(N)=O)C(=O)[O-])Cc2cccc(n2)CN(C(CCC(N)=O)C(=O)[O-])CC1.[Gd+3]. The second kappa shape index (κ2) is 18.8. The van der Waals surface area contributed by atoms with E-state index in [1.165, 1.54) is 14.7 Å². The summed E-state index contributed by atoms with van der Waals surface area (Å²) in [5, 5.41) is 36.4. The first-order valence-corrected chi connectivity index (χ1v) is 13.4. The van der Waals surface area contributed by atoms with E-state index in [1.54, 1.807) is 18.2 Å². The van der Waals surface area contributed by atoms with Crippen LogP contribution in [0.1, 0.15) is 49.9 Å². The van der Waals surface area contributed by atoms with Crippen LogP contribution >= 0.6 is 0 Å². The van der Waals surface area contributed by atoms with Crippen molar-refractivity contribution >= 4 is 35.6 Å². The van der Waals surface area contributed by atoms with E-state index in [4.69, 9.17) is 17.2 Å². The van der Waals surface area contributed by atoms with E-state index in [-0.39, 0.29) is 118 Å². The first-order chi connectivity index (χ1) is 19.8. The third kappa shape index (κ3) is 13.1. The molecule has 17 heteroatoms. The molecule has 0 aliphatic carbocycles. The zero-order valence-electron chi connectivity index (χ0n) is 23.5. The molecule has 3 atom stereocenters. The van der Waals surface area contributed by atoms with Crippen LogP contribution in [0.15, 0.2) is 18.2 Å². The molecule has 16 nitrogen and oxygen atoms in total. The molecular formula is C26H36GdN7O9. The minimum Gasteiger partial charge on any atom is -0.548 e. The smallest absolute Gasteiger partial charge is 0.548 e. The maximum absolute atomic E-state index is 12.2. The number of amides is 3. The Morgan fingerprint density at radius 3 is 1.23 bits per heavy atom. The predicted octanol–water partition coefficient (Wildman–Crippen LogP) is -5.85. The van der Waals surface area contributed by atoms with Gasteiger partial charge in [0.25, 0.3) is 0 Å². The van der Waals surface area contributed by atoms with Gasteiger partial charge in [-0.05, 0) is 31.4 Å². The maximum atomic E-state index is 12.2. The number of nitrogens with zero attached hydrogens (tertiary/aromatic N) is 4. The molecule has 1 aliphatic rings. The van der Waals surface area contributed by atoms with Crippen molar-refractivity contribution in [2.75, 3.05) is 26.2 Å². The number of hydrogen-bond acceptors (Lipinski definition) is 13. The standard InChI is InChI=1S/C26H39N7O9.Gd/c27-21(34)7-4-18(24(37)38)31-10-12-32(19(25(39)40)5-8-22(28)35)14-16-2-1-3-17(30-16)15-33(13-11-31)20(26(41)42)6-9-23(29)36;/h1-3,18-20H,4-15H2,(H2,27,34)(H2,28,35)(H2,29,36)(H,37,38)(H,39,40)(H,41,42);/q;+3/p-3. The van der Waals surface area contributed by atoms with E-state index in [2.05, 4.69) is 4.98 Å². The van der Waals surface area contributed by atoms with Crippen LogP contribution in [0.25, 0.3) is 0 Å². The van der Waals surface area contributed by atoms with Gasteiger partial charge in [-0.2, -0.15) is 0 Å². The number of rotatable bonds is 15. The first-order valence-electron chi connectivity index (χ1n) is 13.4. The Labute approximate surface area is 280 Å². The molecule has 0 saturated heterocycles. The number of hydrogen-bond donors (Lipinski definition) is 3. The molecular weight excluding hydrogens is 712 g/mol. The van der Waals surface area contributed by atoms with Crippen molar-refractivity contribution in [3.63, 3.8) is 0 Å². The molecule has 1 radical (unpaired) electrons. The third-order valence-corrected chi connectivity index (χ3v) is 7.07. The molecule has 43 heavy (non-hydrogen) atoms. The molecule has 0 aromatic carbocycles. The normalized spacial score (nSPS) is 17.2. The van der Waals surface area contributed by atoms with Gasteiger partial charge in [-0.3, -0.25) is 34.1 Å². The van der Waals surface area contributed by atoms with Crippen LogP contribution in [0, 0.1) is 39.9 Å². The third-order valence-electron chi connectivity index (χ3n) is 7.07. The van der Waals surface area contributed by atoms with Gasteiger partial charge in [-0.1, -0.05) is 6.07 Å². The second-order valence-corrected chi connectivity index (χ2v) is 10.1. The molecule has 6 N–H and O–H groups in total. The average molecular weight is 748 g/mol. The van der Waals surface area contributed by atoms with Crippen molar-refractivity contribution in [1.29, 1.82) is 0 Å². The molecule has 0 fully saturated rings. The van der Waals surface area contributed by atoms with Crippen LogP contribution in [0.5, 0.6) is 0 Å². The Hall–Kier alpha value is -2.83. The number of primary amides is 3. The van der Waals surface area contributed by atoms with Gasteiger partial charge in [0, 0.05) is 64.6 Å². The molecule has 1 aromatic rings. The number of carbonyl (C=O) groups excluding carboxylic acids is 6. The molecule has 1 aliphatic heterocycles. The van der Waals surface area contributed by atoms with Gasteiger partial charge < -0.3 is 46.9 Å². The van der Waals surface area contributed by atoms with Gasteiger partial charge in [0.15, 0.2) is 0 Å². The van der Waals surface area contributed by atoms with Crippen LogP contribution in [0.4, 0.5) is 0 Å². The van der Waals surface area contributed by atoms with Crippen molar-refractivity contribution in [1.82, 2.24) is 19.7 Å². The van der Waals surface area contributed by atoms with Crippen LogP contribution in [0.3, 0.4) is 0 Å². The summed E-state index contributed by atoms with van der Waals surface area (Å²) >= 11 is 0. The van der Waals surface area contributed by atoms with Crippen molar-refractivity contribution in [3.05, 3.63) is 29.6 Å². The molecule has 3 unspecified atom stereocenters. The molecule has 2 rings (SSSR count). The van der Waals surface area contributed by atoms with E-state index in [0.717, 1.165) is 0 Å². The van der Waals surface area contributed by atoms with Gasteiger partial charge in [-0.15, -0.1) is 0 Å². The summed E-state index contributed by atoms with van der Waals surface area (Å²) in [6, 6.07) is 1.05.